The lowest BCUT2D eigenvalue weighted by molar-refractivity contribution is -0.126. The molecule has 1 aliphatic carbocycles. The number of nitrogens with zero attached hydrogens (tertiary/aromatic N) is 4. The van der Waals surface area contributed by atoms with Crippen molar-refractivity contribution in [3.63, 3.8) is 0 Å². The molecule has 22 heavy (non-hydrogen) atoms. The Labute approximate surface area is 133 Å². The molecule has 1 aliphatic rings. The lowest BCUT2D eigenvalue weighted by Gasteiger charge is -2.20. The zero-order valence-electron chi connectivity index (χ0n) is 12.2. The molecule has 1 saturated carbocycles. The summed E-state index contributed by atoms with van der Waals surface area (Å²) in [6, 6.07) is 7.24. The molecule has 0 saturated heterocycles. The first kappa shape index (κ1) is 15.0. The van der Waals surface area contributed by atoms with E-state index in [-0.39, 0.29) is 11.8 Å². The molecule has 1 N–H and O–H groups in total. The number of tetrazole rings is 1. The van der Waals surface area contributed by atoms with Crippen molar-refractivity contribution in [2.75, 3.05) is 0 Å². The summed E-state index contributed by atoms with van der Waals surface area (Å²) in [5.41, 5.74) is 0.816. The molecule has 0 spiro atoms. The molecule has 1 aromatic heterocycles. The van der Waals surface area contributed by atoms with Crippen molar-refractivity contribution >= 4 is 17.5 Å². The van der Waals surface area contributed by atoms with Crippen molar-refractivity contribution in [2.45, 2.75) is 38.6 Å². The quantitative estimate of drug-likeness (QED) is 0.939. The zero-order chi connectivity index (χ0) is 15.4. The van der Waals surface area contributed by atoms with Crippen molar-refractivity contribution in [3.05, 3.63) is 35.1 Å². The molecule has 1 fully saturated rings. The number of halogens is 1. The number of amides is 1. The van der Waals surface area contributed by atoms with Gasteiger partial charge < -0.3 is 5.32 Å². The highest BCUT2D eigenvalue weighted by Gasteiger charge is 2.21. The third kappa shape index (κ3) is 3.44. The summed E-state index contributed by atoms with van der Waals surface area (Å²) < 4.78 is 1.61. The Kier molecular flexibility index (Phi) is 4.68. The smallest absolute Gasteiger partial charge is 0.223 e. The highest BCUT2D eigenvalue weighted by Crippen LogP contribution is 2.23. The SMILES string of the molecule is O=C(NCc1nnnn1-c1ccc(Cl)cc1)C1CCCCC1. The molecular weight excluding hydrogens is 302 g/mol. The summed E-state index contributed by atoms with van der Waals surface area (Å²) in [5, 5.41) is 15.2. The largest absolute Gasteiger partial charge is 0.348 e. The number of carbonyl (C=O) groups excluding carboxylic acids is 1. The molecule has 7 heteroatoms. The van der Waals surface area contributed by atoms with Crippen LogP contribution in [0.25, 0.3) is 5.69 Å². The van der Waals surface area contributed by atoms with E-state index in [9.17, 15) is 4.79 Å². The lowest BCUT2D eigenvalue weighted by Crippen LogP contribution is -2.32. The average molecular weight is 320 g/mol. The number of nitrogens with one attached hydrogen (secondary N) is 1. The van der Waals surface area contributed by atoms with Crippen LogP contribution in [0.1, 0.15) is 37.9 Å². The fourth-order valence-corrected chi connectivity index (χ4v) is 2.90. The van der Waals surface area contributed by atoms with Crippen LogP contribution in [-0.2, 0) is 11.3 Å². The molecule has 0 radical (unpaired) electrons. The molecular formula is C15H18ClN5O. The van der Waals surface area contributed by atoms with Crippen LogP contribution in [0.2, 0.25) is 5.02 Å². The number of hydrogen-bond acceptors (Lipinski definition) is 4. The molecule has 0 bridgehead atoms. The van der Waals surface area contributed by atoms with Gasteiger partial charge in [0.1, 0.15) is 0 Å². The minimum atomic E-state index is 0.102. The van der Waals surface area contributed by atoms with Crippen LogP contribution in [0.3, 0.4) is 0 Å². The van der Waals surface area contributed by atoms with E-state index in [2.05, 4.69) is 20.8 Å². The minimum Gasteiger partial charge on any atom is -0.348 e. The summed E-state index contributed by atoms with van der Waals surface area (Å²) in [7, 11) is 0. The van der Waals surface area contributed by atoms with Crippen LogP contribution in [0, 0.1) is 5.92 Å². The number of benzene rings is 1. The van der Waals surface area contributed by atoms with Gasteiger partial charge in [-0.15, -0.1) is 5.10 Å². The molecule has 0 aliphatic heterocycles. The number of hydrogen-bond donors (Lipinski definition) is 1. The van der Waals surface area contributed by atoms with Gasteiger partial charge in [0.15, 0.2) is 5.82 Å². The third-order valence-electron chi connectivity index (χ3n) is 4.00. The predicted molar refractivity (Wildman–Crippen MR) is 82.6 cm³/mol. The van der Waals surface area contributed by atoms with Crippen LogP contribution < -0.4 is 5.32 Å². The molecule has 1 amide bonds. The second-order valence-electron chi connectivity index (χ2n) is 5.54. The van der Waals surface area contributed by atoms with Gasteiger partial charge in [0, 0.05) is 10.9 Å². The summed E-state index contributed by atoms with van der Waals surface area (Å²) >= 11 is 5.88. The summed E-state index contributed by atoms with van der Waals surface area (Å²) in [5.74, 6) is 0.838. The van der Waals surface area contributed by atoms with E-state index < -0.39 is 0 Å². The first-order valence-electron chi connectivity index (χ1n) is 7.55. The van der Waals surface area contributed by atoms with Crippen LogP contribution in [0.5, 0.6) is 0 Å². The van der Waals surface area contributed by atoms with Gasteiger partial charge in [-0.1, -0.05) is 30.9 Å². The first-order valence-corrected chi connectivity index (χ1v) is 7.93. The average Bonchev–Trinajstić information content (AvgIpc) is 3.02. The normalized spacial score (nSPS) is 15.7. The second kappa shape index (κ2) is 6.87. The molecule has 6 nitrogen and oxygen atoms in total. The fraction of sp³-hybridized carbons (Fsp3) is 0.467. The molecule has 0 unspecified atom stereocenters. The highest BCUT2D eigenvalue weighted by molar-refractivity contribution is 6.30. The van der Waals surface area contributed by atoms with E-state index in [1.165, 1.54) is 6.42 Å². The van der Waals surface area contributed by atoms with Crippen molar-refractivity contribution < 1.29 is 4.79 Å². The molecule has 0 atom stereocenters. The highest BCUT2D eigenvalue weighted by atomic mass is 35.5. The van der Waals surface area contributed by atoms with Gasteiger partial charge in [-0.2, -0.15) is 4.68 Å². The molecule has 1 heterocycles. The number of carbonyl (C=O) groups is 1. The molecule has 116 valence electrons. The Balaban J connectivity index is 1.65. The first-order chi connectivity index (χ1) is 10.7. The molecule has 2 aromatic rings. The molecule has 1 aromatic carbocycles. The maximum Gasteiger partial charge on any atom is 0.223 e. The number of rotatable bonds is 4. The van der Waals surface area contributed by atoms with Crippen LogP contribution in [-0.4, -0.2) is 26.1 Å². The van der Waals surface area contributed by atoms with Gasteiger partial charge >= 0.3 is 0 Å². The van der Waals surface area contributed by atoms with E-state index in [1.807, 2.05) is 12.1 Å². The second-order valence-corrected chi connectivity index (χ2v) is 5.97. The Hall–Kier alpha value is -1.95. The topological polar surface area (TPSA) is 72.7 Å². The Bertz CT molecular complexity index is 634. The number of aromatic nitrogens is 4. The van der Waals surface area contributed by atoms with Crippen LogP contribution >= 0.6 is 11.6 Å². The fourth-order valence-electron chi connectivity index (χ4n) is 2.77. The van der Waals surface area contributed by atoms with Gasteiger partial charge in [0.05, 0.1) is 12.2 Å². The Morgan fingerprint density at radius 2 is 1.95 bits per heavy atom. The third-order valence-corrected chi connectivity index (χ3v) is 4.25. The zero-order valence-corrected chi connectivity index (χ0v) is 13.0. The maximum atomic E-state index is 12.2. The summed E-state index contributed by atoms with van der Waals surface area (Å²) in [6.45, 7) is 0.324. The summed E-state index contributed by atoms with van der Waals surface area (Å²) in [6.07, 6.45) is 5.47. The van der Waals surface area contributed by atoms with E-state index in [0.717, 1.165) is 31.4 Å². The van der Waals surface area contributed by atoms with Crippen molar-refractivity contribution in [3.8, 4) is 5.69 Å². The minimum absolute atomic E-state index is 0.102. The monoisotopic (exact) mass is 319 g/mol. The van der Waals surface area contributed by atoms with E-state index in [1.54, 1.807) is 16.8 Å². The predicted octanol–water partition coefficient (Wildman–Crippen LogP) is 2.51. The standard InChI is InChI=1S/C15H18ClN5O/c16-12-6-8-13(9-7-12)21-14(18-19-20-21)10-17-15(22)11-4-2-1-3-5-11/h6-9,11H,1-5,10H2,(H,17,22). The van der Waals surface area contributed by atoms with Gasteiger partial charge in [0.2, 0.25) is 5.91 Å². The van der Waals surface area contributed by atoms with Crippen molar-refractivity contribution in [2.24, 2.45) is 5.92 Å². The summed E-state index contributed by atoms with van der Waals surface area (Å²) in [4.78, 5) is 12.2. The van der Waals surface area contributed by atoms with Gasteiger partial charge in [-0.25, -0.2) is 0 Å². The van der Waals surface area contributed by atoms with E-state index >= 15 is 0 Å². The van der Waals surface area contributed by atoms with Crippen molar-refractivity contribution in [1.82, 2.24) is 25.5 Å². The van der Waals surface area contributed by atoms with Gasteiger partial charge in [0.25, 0.3) is 0 Å². The maximum absolute atomic E-state index is 12.2. The lowest BCUT2D eigenvalue weighted by atomic mass is 9.89. The van der Waals surface area contributed by atoms with E-state index in [4.69, 9.17) is 11.6 Å². The van der Waals surface area contributed by atoms with Crippen LogP contribution in [0.15, 0.2) is 24.3 Å². The van der Waals surface area contributed by atoms with E-state index in [0.29, 0.717) is 17.4 Å². The van der Waals surface area contributed by atoms with Gasteiger partial charge in [-0.3, -0.25) is 4.79 Å². The Morgan fingerprint density at radius 3 is 2.68 bits per heavy atom. The van der Waals surface area contributed by atoms with Crippen molar-refractivity contribution in [1.29, 1.82) is 0 Å². The Morgan fingerprint density at radius 1 is 1.23 bits per heavy atom. The van der Waals surface area contributed by atoms with Gasteiger partial charge in [-0.05, 0) is 47.5 Å². The molecule has 3 rings (SSSR count). The van der Waals surface area contributed by atoms with Crippen LogP contribution in [0.4, 0.5) is 0 Å².